The number of nitro benzene ring substituents is 1. The van der Waals surface area contributed by atoms with Gasteiger partial charge in [-0.05, 0) is 26.8 Å². The highest BCUT2D eigenvalue weighted by atomic mass is 35.5. The minimum Gasteiger partial charge on any atom is -0.456 e. The van der Waals surface area contributed by atoms with Crippen molar-refractivity contribution >= 4 is 23.3 Å². The van der Waals surface area contributed by atoms with E-state index in [4.69, 9.17) is 16.3 Å². The number of carbonyl (C=O) groups excluding carboxylic acids is 1. The van der Waals surface area contributed by atoms with Crippen LogP contribution in [0.2, 0.25) is 5.02 Å². The predicted molar refractivity (Wildman–Crippen MR) is 63.2 cm³/mol. The van der Waals surface area contributed by atoms with Crippen LogP contribution >= 0.6 is 11.6 Å². The Morgan fingerprint density at radius 1 is 1.44 bits per heavy atom. The van der Waals surface area contributed by atoms with Gasteiger partial charge >= 0.3 is 5.97 Å². The number of carbonyl (C=O) groups is 1. The molecule has 0 aliphatic heterocycles. The fourth-order valence-electron chi connectivity index (χ4n) is 1.20. The summed E-state index contributed by atoms with van der Waals surface area (Å²) in [6, 6.07) is 1.70. The molecule has 5 nitrogen and oxygen atoms in total. The zero-order valence-electron chi connectivity index (χ0n) is 9.99. The first kappa shape index (κ1) is 14.4. The SMILES string of the molecule is CC(C)(C)OC(=O)c1c(F)ccc([N+](=O)[O-])c1Cl. The van der Waals surface area contributed by atoms with Crippen LogP contribution in [0, 0.1) is 15.9 Å². The summed E-state index contributed by atoms with van der Waals surface area (Å²) in [6.07, 6.45) is 0. The molecule has 18 heavy (non-hydrogen) atoms. The van der Waals surface area contributed by atoms with E-state index in [-0.39, 0.29) is 0 Å². The number of hydrogen-bond donors (Lipinski definition) is 0. The van der Waals surface area contributed by atoms with Gasteiger partial charge in [0.15, 0.2) is 0 Å². The highest BCUT2D eigenvalue weighted by Crippen LogP contribution is 2.31. The fourth-order valence-corrected chi connectivity index (χ4v) is 1.50. The molecule has 0 heterocycles. The van der Waals surface area contributed by atoms with Gasteiger partial charge in [0, 0.05) is 6.07 Å². The summed E-state index contributed by atoms with van der Waals surface area (Å²) in [4.78, 5) is 21.6. The summed E-state index contributed by atoms with van der Waals surface area (Å²) in [7, 11) is 0. The molecule has 1 aromatic carbocycles. The molecule has 0 saturated heterocycles. The van der Waals surface area contributed by atoms with Crippen LogP contribution < -0.4 is 0 Å². The lowest BCUT2D eigenvalue weighted by Crippen LogP contribution is -2.24. The molecule has 0 bridgehead atoms. The smallest absolute Gasteiger partial charge is 0.343 e. The number of nitrogens with zero attached hydrogens (tertiary/aromatic N) is 1. The highest BCUT2D eigenvalue weighted by molar-refractivity contribution is 6.35. The van der Waals surface area contributed by atoms with E-state index in [2.05, 4.69) is 0 Å². The molecule has 0 N–H and O–H groups in total. The molecule has 0 aromatic heterocycles. The number of halogens is 2. The lowest BCUT2D eigenvalue weighted by atomic mass is 10.1. The number of hydrogen-bond acceptors (Lipinski definition) is 4. The second-order valence-electron chi connectivity index (χ2n) is 4.51. The number of benzene rings is 1. The summed E-state index contributed by atoms with van der Waals surface area (Å²) in [6.45, 7) is 4.77. The quantitative estimate of drug-likeness (QED) is 0.471. The summed E-state index contributed by atoms with van der Waals surface area (Å²) in [5, 5.41) is 10.1. The van der Waals surface area contributed by atoms with E-state index in [0.29, 0.717) is 0 Å². The molecule has 1 rings (SSSR count). The first-order valence-corrected chi connectivity index (χ1v) is 5.37. The lowest BCUT2D eigenvalue weighted by Gasteiger charge is -2.19. The van der Waals surface area contributed by atoms with Gasteiger partial charge in [0.1, 0.15) is 22.0 Å². The molecule has 0 fully saturated rings. The zero-order chi connectivity index (χ0) is 14.1. The molecule has 1 aromatic rings. The Morgan fingerprint density at radius 3 is 2.44 bits per heavy atom. The number of ether oxygens (including phenoxy) is 1. The van der Waals surface area contributed by atoms with Crippen molar-refractivity contribution in [1.82, 2.24) is 0 Å². The number of nitro groups is 1. The second-order valence-corrected chi connectivity index (χ2v) is 4.89. The van der Waals surface area contributed by atoms with E-state index in [9.17, 15) is 19.3 Å². The van der Waals surface area contributed by atoms with E-state index in [1.807, 2.05) is 0 Å². The van der Waals surface area contributed by atoms with E-state index < -0.39 is 38.6 Å². The average Bonchev–Trinajstić information content (AvgIpc) is 2.13. The maximum Gasteiger partial charge on any atom is 0.343 e. The summed E-state index contributed by atoms with van der Waals surface area (Å²) in [5.74, 6) is -1.99. The van der Waals surface area contributed by atoms with Gasteiger partial charge in [-0.2, -0.15) is 0 Å². The molecule has 7 heteroatoms. The van der Waals surface area contributed by atoms with Crippen molar-refractivity contribution < 1.29 is 18.8 Å². The van der Waals surface area contributed by atoms with Crippen molar-refractivity contribution in [2.24, 2.45) is 0 Å². The molecule has 0 radical (unpaired) electrons. The van der Waals surface area contributed by atoms with Crippen molar-refractivity contribution in [2.45, 2.75) is 26.4 Å². The normalized spacial score (nSPS) is 11.2. The minimum atomic E-state index is -1.03. The third-order valence-corrected chi connectivity index (χ3v) is 2.25. The van der Waals surface area contributed by atoms with Crippen LogP contribution in [0.5, 0.6) is 0 Å². The largest absolute Gasteiger partial charge is 0.456 e. The maximum absolute atomic E-state index is 13.5. The summed E-state index contributed by atoms with van der Waals surface area (Å²) < 4.78 is 18.4. The predicted octanol–water partition coefficient (Wildman–Crippen LogP) is 3.34. The highest BCUT2D eigenvalue weighted by Gasteiger charge is 2.28. The van der Waals surface area contributed by atoms with Crippen molar-refractivity contribution in [1.29, 1.82) is 0 Å². The molecule has 0 saturated carbocycles. The van der Waals surface area contributed by atoms with Crippen molar-refractivity contribution in [3.63, 3.8) is 0 Å². The van der Waals surface area contributed by atoms with Gasteiger partial charge in [-0.3, -0.25) is 10.1 Å². The molecule has 0 spiro atoms. The van der Waals surface area contributed by atoms with E-state index in [1.165, 1.54) is 0 Å². The Kier molecular flexibility index (Phi) is 3.91. The first-order chi connectivity index (χ1) is 8.13. The van der Waals surface area contributed by atoms with Crippen LogP contribution in [0.1, 0.15) is 31.1 Å². The van der Waals surface area contributed by atoms with Crippen molar-refractivity contribution in [2.75, 3.05) is 0 Å². The van der Waals surface area contributed by atoms with Gasteiger partial charge in [0.05, 0.1) is 4.92 Å². The Bertz CT molecular complexity index is 511. The first-order valence-electron chi connectivity index (χ1n) is 4.99. The molecular weight excluding hydrogens is 265 g/mol. The monoisotopic (exact) mass is 275 g/mol. The number of esters is 1. The maximum atomic E-state index is 13.5. The van der Waals surface area contributed by atoms with Gasteiger partial charge in [-0.15, -0.1) is 0 Å². The van der Waals surface area contributed by atoms with Gasteiger partial charge in [0.25, 0.3) is 5.69 Å². The molecule has 0 atom stereocenters. The number of rotatable bonds is 2. The second kappa shape index (κ2) is 4.89. The van der Waals surface area contributed by atoms with Crippen LogP contribution in [0.4, 0.5) is 10.1 Å². The molecule has 0 aliphatic carbocycles. The van der Waals surface area contributed by atoms with Crippen molar-refractivity contribution in [3.05, 3.63) is 38.7 Å². The zero-order valence-corrected chi connectivity index (χ0v) is 10.7. The molecule has 0 amide bonds. The van der Waals surface area contributed by atoms with E-state index >= 15 is 0 Å². The molecule has 98 valence electrons. The van der Waals surface area contributed by atoms with Crippen LogP contribution in [-0.2, 0) is 4.74 Å². The van der Waals surface area contributed by atoms with Crippen molar-refractivity contribution in [3.8, 4) is 0 Å². The molecule has 0 aliphatic rings. The Hall–Kier alpha value is -1.69. The lowest BCUT2D eigenvalue weighted by molar-refractivity contribution is -0.384. The molecule has 0 unspecified atom stereocenters. The van der Waals surface area contributed by atoms with Crippen LogP contribution in [0.3, 0.4) is 0 Å². The van der Waals surface area contributed by atoms with Gasteiger partial charge < -0.3 is 4.74 Å². The Balaban J connectivity index is 3.28. The summed E-state index contributed by atoms with van der Waals surface area (Å²) in [5.41, 5.74) is -2.02. The summed E-state index contributed by atoms with van der Waals surface area (Å²) >= 11 is 5.65. The average molecular weight is 276 g/mol. The topological polar surface area (TPSA) is 69.4 Å². The molecular formula is C11H11ClFNO4. The van der Waals surface area contributed by atoms with Gasteiger partial charge in [-0.25, -0.2) is 9.18 Å². The van der Waals surface area contributed by atoms with E-state index in [0.717, 1.165) is 12.1 Å². The third-order valence-electron chi connectivity index (χ3n) is 1.87. The standard InChI is InChI=1S/C11H11ClFNO4/c1-11(2,3)18-10(15)8-6(13)4-5-7(9(8)12)14(16)17/h4-5H,1-3H3. The fraction of sp³-hybridized carbons (Fsp3) is 0.364. The third kappa shape index (κ3) is 3.16. The Morgan fingerprint density at radius 2 is 2.00 bits per heavy atom. The van der Waals surface area contributed by atoms with Crippen LogP contribution in [0.25, 0.3) is 0 Å². The van der Waals surface area contributed by atoms with Gasteiger partial charge in [-0.1, -0.05) is 11.6 Å². The van der Waals surface area contributed by atoms with E-state index in [1.54, 1.807) is 20.8 Å². The van der Waals surface area contributed by atoms with Crippen LogP contribution in [-0.4, -0.2) is 16.5 Å². The minimum absolute atomic E-state index is 0.543. The van der Waals surface area contributed by atoms with Gasteiger partial charge in [0.2, 0.25) is 0 Å². The van der Waals surface area contributed by atoms with Crippen LogP contribution in [0.15, 0.2) is 12.1 Å². The Labute approximate surface area is 108 Å².